The molecule has 4 aromatic rings. The Kier molecular flexibility index (Phi) is 10.8. The third-order valence-corrected chi connectivity index (χ3v) is 9.41. The predicted molar refractivity (Wildman–Crippen MR) is 125 cm³/mol. The molecule has 27 heavy (non-hydrogen) atoms. The molecule has 0 bridgehead atoms. The normalized spacial score (nSPS) is 9.96. The second-order valence-corrected chi connectivity index (χ2v) is 10.1. The van der Waals surface area contributed by atoms with Gasteiger partial charge in [-0.2, -0.15) is 12.1 Å². The van der Waals surface area contributed by atoms with E-state index in [1.165, 1.54) is 26.3 Å². The third-order valence-electron chi connectivity index (χ3n) is 4.92. The third kappa shape index (κ3) is 4.74. The van der Waals surface area contributed by atoms with Gasteiger partial charge in [-0.05, 0) is 0 Å². The van der Waals surface area contributed by atoms with E-state index in [4.69, 9.17) is 0 Å². The molecule has 0 aromatic heterocycles. The Hall–Kier alpha value is -0.929. The van der Waals surface area contributed by atoms with Gasteiger partial charge in [0.2, 0.25) is 0 Å². The molecule has 0 N–H and O–H groups in total. The standard InChI is InChI=1S/C22H19Si.3ClH.Ti/c1-23(19-11-4-2-5-12-19,20-13-6-3-7-14-20)22-17-16-18-10-8-9-15-21(18)22;;;;/h2-17H,1H3;3*1H;/q-1;;;;. The second-order valence-electron chi connectivity index (χ2n) is 6.19. The summed E-state index contributed by atoms with van der Waals surface area (Å²) in [4.78, 5) is 0. The molecule has 0 aliphatic heterocycles. The fourth-order valence-corrected chi connectivity index (χ4v) is 7.46. The fraction of sp³-hybridized carbons (Fsp3) is 0.0455. The van der Waals surface area contributed by atoms with Gasteiger partial charge in [-0.25, -0.2) is 0 Å². The van der Waals surface area contributed by atoms with Crippen molar-refractivity contribution >= 4 is 71.6 Å². The summed E-state index contributed by atoms with van der Waals surface area (Å²) in [6.07, 6.45) is 0. The first kappa shape index (κ1) is 26.1. The van der Waals surface area contributed by atoms with Crippen LogP contribution >= 0.6 is 37.2 Å². The van der Waals surface area contributed by atoms with Crippen molar-refractivity contribution in [2.75, 3.05) is 0 Å². The van der Waals surface area contributed by atoms with E-state index >= 15 is 0 Å². The van der Waals surface area contributed by atoms with Crippen LogP contribution in [0.5, 0.6) is 0 Å². The minimum absolute atomic E-state index is 0. The predicted octanol–water partition coefficient (Wildman–Crippen LogP) is 4.92. The van der Waals surface area contributed by atoms with Crippen LogP contribution in [0.25, 0.3) is 10.8 Å². The maximum atomic E-state index is 2.47. The van der Waals surface area contributed by atoms with Crippen LogP contribution in [0.1, 0.15) is 0 Å². The quantitative estimate of drug-likeness (QED) is 0.296. The molecule has 0 amide bonds. The Bertz CT molecular complexity index is 900. The number of fused-ring (bicyclic) bond motifs is 1. The van der Waals surface area contributed by atoms with Gasteiger partial charge >= 0.3 is 0 Å². The number of rotatable bonds is 3. The van der Waals surface area contributed by atoms with E-state index in [1.54, 1.807) is 0 Å². The van der Waals surface area contributed by atoms with Gasteiger partial charge in [0.15, 0.2) is 0 Å². The van der Waals surface area contributed by atoms with Crippen molar-refractivity contribution in [2.24, 2.45) is 0 Å². The van der Waals surface area contributed by atoms with Crippen LogP contribution < -0.4 is 15.6 Å². The van der Waals surface area contributed by atoms with Crippen LogP contribution in [0.15, 0.2) is 97.1 Å². The molecule has 140 valence electrons. The summed E-state index contributed by atoms with van der Waals surface area (Å²) < 4.78 is 0. The first-order valence-corrected chi connectivity index (χ1v) is 10.6. The van der Waals surface area contributed by atoms with Crippen molar-refractivity contribution in [3.8, 4) is 0 Å². The summed E-state index contributed by atoms with van der Waals surface area (Å²) in [5, 5.41) is 7.16. The molecule has 4 rings (SSSR count). The maximum absolute atomic E-state index is 2.47. The van der Waals surface area contributed by atoms with Gasteiger partial charge in [0, 0.05) is 21.7 Å². The SMILES string of the molecule is C[Si](c1ccccc1)(c1ccccc1)[c-]1ccc2ccccc21.Cl.Cl.Cl.[Ti]. The molecule has 0 saturated heterocycles. The maximum Gasteiger partial charge on any atom is 0.101 e. The molecular formula is C22H22Cl3SiTi-. The van der Waals surface area contributed by atoms with Crippen molar-refractivity contribution in [3.05, 3.63) is 97.1 Å². The Morgan fingerprint density at radius 1 is 0.593 bits per heavy atom. The van der Waals surface area contributed by atoms with Gasteiger partial charge < -0.3 is 0 Å². The largest absolute Gasteiger partial charge is 0.168 e. The van der Waals surface area contributed by atoms with Gasteiger partial charge in [-0.3, -0.25) is 0 Å². The second kappa shape index (κ2) is 11.2. The molecular weight excluding hydrogens is 447 g/mol. The molecule has 0 aliphatic rings. The summed E-state index contributed by atoms with van der Waals surface area (Å²) >= 11 is 0. The first-order valence-electron chi connectivity index (χ1n) is 8.06. The van der Waals surface area contributed by atoms with Crippen molar-refractivity contribution < 1.29 is 21.7 Å². The minimum Gasteiger partial charge on any atom is -0.168 e. The van der Waals surface area contributed by atoms with Crippen LogP contribution in [0.2, 0.25) is 6.55 Å². The Morgan fingerprint density at radius 2 is 1.04 bits per heavy atom. The van der Waals surface area contributed by atoms with Crippen LogP contribution in [-0.4, -0.2) is 8.07 Å². The number of benzene rings is 3. The van der Waals surface area contributed by atoms with E-state index in [-0.39, 0.29) is 58.9 Å². The average molecular weight is 469 g/mol. The van der Waals surface area contributed by atoms with E-state index in [0.717, 1.165) is 0 Å². The van der Waals surface area contributed by atoms with Crippen molar-refractivity contribution in [2.45, 2.75) is 6.55 Å². The summed E-state index contributed by atoms with van der Waals surface area (Å²) in [6.45, 7) is 2.47. The molecule has 4 aromatic carbocycles. The number of hydrogen-bond donors (Lipinski definition) is 0. The molecule has 0 unspecified atom stereocenters. The van der Waals surface area contributed by atoms with E-state index < -0.39 is 8.07 Å². The van der Waals surface area contributed by atoms with Crippen LogP contribution in [0.4, 0.5) is 0 Å². The average Bonchev–Trinajstić information content (AvgIpc) is 3.07. The summed E-state index contributed by atoms with van der Waals surface area (Å²) in [6, 6.07) is 35.4. The zero-order valence-electron chi connectivity index (χ0n) is 15.0. The van der Waals surface area contributed by atoms with Gasteiger partial charge in [-0.1, -0.05) is 83.7 Å². The van der Waals surface area contributed by atoms with Crippen molar-refractivity contribution in [1.82, 2.24) is 0 Å². The van der Waals surface area contributed by atoms with Crippen LogP contribution in [-0.2, 0) is 21.7 Å². The molecule has 5 heteroatoms. The topological polar surface area (TPSA) is 0 Å². The summed E-state index contributed by atoms with van der Waals surface area (Å²) in [5.74, 6) is 0. The molecule has 0 heterocycles. The number of hydrogen-bond acceptors (Lipinski definition) is 0. The Labute approximate surface area is 195 Å². The Balaban J connectivity index is 0.00000169. The monoisotopic (exact) mass is 467 g/mol. The molecule has 0 aliphatic carbocycles. The zero-order valence-corrected chi connectivity index (χ0v) is 20.0. The molecule has 0 nitrogen and oxygen atoms in total. The minimum atomic E-state index is -1.99. The van der Waals surface area contributed by atoms with Crippen molar-refractivity contribution in [3.63, 3.8) is 0 Å². The van der Waals surface area contributed by atoms with E-state index in [2.05, 4.69) is 104 Å². The van der Waals surface area contributed by atoms with Gasteiger partial charge in [0.25, 0.3) is 0 Å². The van der Waals surface area contributed by atoms with Gasteiger partial charge in [-0.15, -0.1) is 71.4 Å². The fourth-order valence-electron chi connectivity index (χ4n) is 3.61. The van der Waals surface area contributed by atoms with Gasteiger partial charge in [0.1, 0.15) is 8.07 Å². The number of halogens is 3. The first-order chi connectivity index (χ1) is 11.3. The molecule has 0 fully saturated rings. The van der Waals surface area contributed by atoms with E-state index in [1.807, 2.05) is 0 Å². The summed E-state index contributed by atoms with van der Waals surface area (Å²) in [5.41, 5.74) is 0. The smallest absolute Gasteiger partial charge is 0.101 e. The van der Waals surface area contributed by atoms with Crippen LogP contribution in [0, 0.1) is 0 Å². The molecule has 0 saturated carbocycles. The van der Waals surface area contributed by atoms with E-state index in [9.17, 15) is 0 Å². The van der Waals surface area contributed by atoms with Crippen molar-refractivity contribution in [1.29, 1.82) is 0 Å². The van der Waals surface area contributed by atoms with Gasteiger partial charge in [0.05, 0.1) is 0 Å². The molecule has 0 atom stereocenters. The van der Waals surface area contributed by atoms with Crippen LogP contribution in [0.3, 0.4) is 0 Å². The zero-order chi connectivity index (χ0) is 15.7. The molecule has 0 spiro atoms. The Morgan fingerprint density at radius 3 is 1.56 bits per heavy atom. The molecule has 0 radical (unpaired) electrons. The summed E-state index contributed by atoms with van der Waals surface area (Å²) in [7, 11) is -1.99. The van der Waals surface area contributed by atoms with E-state index in [0.29, 0.717) is 0 Å².